The number of rotatable bonds is 2. The molecule has 0 radical (unpaired) electrons. The van der Waals surface area contributed by atoms with Crippen molar-refractivity contribution < 1.29 is 14.3 Å². The molecule has 1 aromatic rings. The van der Waals surface area contributed by atoms with Crippen LogP contribution < -0.4 is 5.73 Å². The normalized spacial score (nSPS) is 16.7. The van der Waals surface area contributed by atoms with E-state index in [-0.39, 0.29) is 11.8 Å². The van der Waals surface area contributed by atoms with Crippen LogP contribution in [0, 0.1) is 0 Å². The van der Waals surface area contributed by atoms with E-state index in [0.717, 1.165) is 30.4 Å². The van der Waals surface area contributed by atoms with E-state index in [9.17, 15) is 9.59 Å². The van der Waals surface area contributed by atoms with Crippen LogP contribution in [-0.2, 0) is 4.74 Å². The van der Waals surface area contributed by atoms with Gasteiger partial charge in [-0.05, 0) is 31.7 Å². The van der Waals surface area contributed by atoms with Crippen molar-refractivity contribution in [2.75, 3.05) is 0 Å². The van der Waals surface area contributed by atoms with Gasteiger partial charge >= 0.3 is 12.0 Å². The molecule has 1 saturated carbocycles. The molecule has 1 aliphatic rings. The van der Waals surface area contributed by atoms with Gasteiger partial charge in [-0.3, -0.25) is 0 Å². The molecule has 0 aliphatic heterocycles. The fourth-order valence-electron chi connectivity index (χ4n) is 1.95. The second-order valence-corrected chi connectivity index (χ2v) is 4.15. The maximum Gasteiger partial charge on any atom is 0.359 e. The van der Waals surface area contributed by atoms with Crippen molar-refractivity contribution in [2.24, 2.45) is 5.73 Å². The van der Waals surface area contributed by atoms with E-state index in [2.05, 4.69) is 5.10 Å². The predicted octanol–water partition coefficient (Wildman–Crippen LogP) is 1.30. The van der Waals surface area contributed by atoms with E-state index in [0.29, 0.717) is 0 Å². The summed E-state index contributed by atoms with van der Waals surface area (Å²) < 4.78 is 6.22. The van der Waals surface area contributed by atoms with Crippen LogP contribution in [0.15, 0.2) is 12.3 Å². The predicted molar refractivity (Wildman–Crippen MR) is 59.5 cm³/mol. The molecule has 92 valence electrons. The number of primary amides is 1. The van der Waals surface area contributed by atoms with Gasteiger partial charge in [-0.25, -0.2) is 9.59 Å². The summed E-state index contributed by atoms with van der Waals surface area (Å²) in [6.07, 6.45) is 6.52. The first kappa shape index (κ1) is 11.6. The summed E-state index contributed by atoms with van der Waals surface area (Å²) in [7, 11) is 0. The molecule has 1 fully saturated rings. The minimum atomic E-state index is -0.721. The van der Waals surface area contributed by atoms with Crippen LogP contribution >= 0.6 is 0 Å². The fraction of sp³-hybridized carbons (Fsp3) is 0.545. The van der Waals surface area contributed by atoms with Gasteiger partial charge in [0, 0.05) is 6.20 Å². The van der Waals surface area contributed by atoms with Gasteiger partial charge in [-0.1, -0.05) is 6.42 Å². The van der Waals surface area contributed by atoms with Crippen molar-refractivity contribution >= 4 is 12.0 Å². The maximum absolute atomic E-state index is 11.7. The van der Waals surface area contributed by atoms with Crippen LogP contribution in [0.5, 0.6) is 0 Å². The van der Waals surface area contributed by atoms with Gasteiger partial charge < -0.3 is 10.5 Å². The van der Waals surface area contributed by atoms with Gasteiger partial charge in [0.1, 0.15) is 6.10 Å². The number of carbonyl (C=O) groups excluding carboxylic acids is 2. The summed E-state index contributed by atoms with van der Waals surface area (Å²) in [5.74, 6) is -0.489. The average Bonchev–Trinajstić information content (AvgIpc) is 2.79. The molecule has 2 rings (SSSR count). The summed E-state index contributed by atoms with van der Waals surface area (Å²) >= 11 is 0. The van der Waals surface area contributed by atoms with E-state index < -0.39 is 12.0 Å². The molecule has 0 saturated heterocycles. The van der Waals surface area contributed by atoms with E-state index in [1.807, 2.05) is 0 Å². The first-order valence-corrected chi connectivity index (χ1v) is 5.73. The summed E-state index contributed by atoms with van der Waals surface area (Å²) in [6, 6.07) is 0.706. The molecule has 1 aromatic heterocycles. The van der Waals surface area contributed by atoms with Gasteiger partial charge in [0.15, 0.2) is 5.69 Å². The van der Waals surface area contributed by atoms with Gasteiger partial charge in [0.2, 0.25) is 0 Å². The van der Waals surface area contributed by atoms with E-state index in [4.69, 9.17) is 10.5 Å². The number of aromatic nitrogens is 2. The molecule has 0 spiro atoms. The molecule has 0 unspecified atom stereocenters. The van der Waals surface area contributed by atoms with Crippen molar-refractivity contribution in [1.29, 1.82) is 0 Å². The van der Waals surface area contributed by atoms with Gasteiger partial charge in [0.25, 0.3) is 0 Å². The zero-order valence-electron chi connectivity index (χ0n) is 9.46. The number of esters is 1. The summed E-state index contributed by atoms with van der Waals surface area (Å²) in [5, 5.41) is 3.74. The lowest BCUT2D eigenvalue weighted by molar-refractivity contribution is 0.0204. The Balaban J connectivity index is 1.96. The van der Waals surface area contributed by atoms with Crippen molar-refractivity contribution in [3.8, 4) is 0 Å². The van der Waals surface area contributed by atoms with Gasteiger partial charge in [-0.2, -0.15) is 9.78 Å². The quantitative estimate of drug-likeness (QED) is 0.785. The molecule has 1 aliphatic carbocycles. The molecule has 6 nitrogen and oxygen atoms in total. The second-order valence-electron chi connectivity index (χ2n) is 4.15. The molecular weight excluding hydrogens is 222 g/mol. The lowest BCUT2D eigenvalue weighted by atomic mass is 9.98. The van der Waals surface area contributed by atoms with Crippen LogP contribution in [-0.4, -0.2) is 27.9 Å². The van der Waals surface area contributed by atoms with E-state index in [1.54, 1.807) is 0 Å². The Labute approximate surface area is 98.7 Å². The van der Waals surface area contributed by atoms with Crippen LogP contribution in [0.4, 0.5) is 4.79 Å². The lowest BCUT2D eigenvalue weighted by Crippen LogP contribution is -2.23. The van der Waals surface area contributed by atoms with E-state index >= 15 is 0 Å². The molecule has 0 bridgehead atoms. The SMILES string of the molecule is NC(=O)n1ccc(C(=O)OC2CCCCC2)n1. The van der Waals surface area contributed by atoms with Crippen molar-refractivity contribution in [3.05, 3.63) is 18.0 Å². The molecule has 2 N–H and O–H groups in total. The largest absolute Gasteiger partial charge is 0.458 e. The lowest BCUT2D eigenvalue weighted by Gasteiger charge is -2.21. The Morgan fingerprint density at radius 3 is 2.65 bits per heavy atom. The standard InChI is InChI=1S/C11H15N3O3/c12-11(16)14-7-6-9(13-14)10(15)17-8-4-2-1-3-5-8/h6-8H,1-5H2,(H2,12,16). The third kappa shape index (κ3) is 2.83. The smallest absolute Gasteiger partial charge is 0.359 e. The highest BCUT2D eigenvalue weighted by Crippen LogP contribution is 2.21. The summed E-state index contributed by atoms with van der Waals surface area (Å²) in [4.78, 5) is 22.5. The minimum Gasteiger partial charge on any atom is -0.458 e. The second kappa shape index (κ2) is 4.99. The first-order chi connectivity index (χ1) is 8.16. The number of nitrogens with zero attached hydrogens (tertiary/aromatic N) is 2. The molecule has 0 atom stereocenters. The van der Waals surface area contributed by atoms with Crippen molar-refractivity contribution in [3.63, 3.8) is 0 Å². The monoisotopic (exact) mass is 237 g/mol. The van der Waals surface area contributed by atoms with Crippen molar-refractivity contribution in [2.45, 2.75) is 38.2 Å². The fourth-order valence-corrected chi connectivity index (χ4v) is 1.95. The topological polar surface area (TPSA) is 87.2 Å². The molecule has 1 amide bonds. The van der Waals surface area contributed by atoms with Gasteiger partial charge in [0.05, 0.1) is 0 Å². The number of carbonyl (C=O) groups is 2. The van der Waals surface area contributed by atoms with Crippen molar-refractivity contribution in [1.82, 2.24) is 9.78 Å². The molecule has 0 aromatic carbocycles. The highest BCUT2D eigenvalue weighted by molar-refractivity contribution is 5.88. The third-order valence-electron chi connectivity index (χ3n) is 2.85. The Bertz CT molecular complexity index is 421. The van der Waals surface area contributed by atoms with E-state index in [1.165, 1.54) is 18.7 Å². The maximum atomic E-state index is 11.7. The first-order valence-electron chi connectivity index (χ1n) is 5.73. The van der Waals surface area contributed by atoms with Gasteiger partial charge in [-0.15, -0.1) is 0 Å². The van der Waals surface area contributed by atoms with Crippen LogP contribution in [0.25, 0.3) is 0 Å². The molecule has 1 heterocycles. The Morgan fingerprint density at radius 2 is 2.06 bits per heavy atom. The number of ether oxygens (including phenoxy) is 1. The Kier molecular flexibility index (Phi) is 3.41. The zero-order valence-corrected chi connectivity index (χ0v) is 9.46. The summed E-state index contributed by atoms with van der Waals surface area (Å²) in [5.41, 5.74) is 5.14. The average molecular weight is 237 g/mol. The molecule has 17 heavy (non-hydrogen) atoms. The molecule has 6 heteroatoms. The number of hydrogen-bond acceptors (Lipinski definition) is 4. The van der Waals surface area contributed by atoms with Crippen LogP contribution in [0.3, 0.4) is 0 Å². The number of nitrogens with two attached hydrogens (primary N) is 1. The Morgan fingerprint density at radius 1 is 1.35 bits per heavy atom. The zero-order chi connectivity index (χ0) is 12.3. The minimum absolute atomic E-state index is 0.0185. The third-order valence-corrected chi connectivity index (χ3v) is 2.85. The van der Waals surface area contributed by atoms with Crippen LogP contribution in [0.2, 0.25) is 0 Å². The Hall–Kier alpha value is -1.85. The number of hydrogen-bond donors (Lipinski definition) is 1. The summed E-state index contributed by atoms with van der Waals surface area (Å²) in [6.45, 7) is 0. The molecular formula is C11H15N3O3. The highest BCUT2D eigenvalue weighted by atomic mass is 16.5. The highest BCUT2D eigenvalue weighted by Gasteiger charge is 2.20. The number of amides is 1. The van der Waals surface area contributed by atoms with Crippen LogP contribution in [0.1, 0.15) is 42.6 Å².